The van der Waals surface area contributed by atoms with E-state index in [-0.39, 0.29) is 23.6 Å². The monoisotopic (exact) mass is 300 g/mol. The fourth-order valence-electron chi connectivity index (χ4n) is 1.57. The molecular weight excluding hydrogens is 284 g/mol. The van der Waals surface area contributed by atoms with Gasteiger partial charge in [-0.3, -0.25) is 14.9 Å². The molecule has 0 saturated carbocycles. The van der Waals surface area contributed by atoms with E-state index in [0.717, 1.165) is 0 Å². The van der Waals surface area contributed by atoms with E-state index in [1.165, 1.54) is 11.8 Å². The number of thioether (sulfide) groups is 1. The van der Waals surface area contributed by atoms with Crippen LogP contribution in [-0.4, -0.2) is 35.3 Å². The van der Waals surface area contributed by atoms with Crippen molar-refractivity contribution in [3.05, 3.63) is 11.1 Å². The summed E-state index contributed by atoms with van der Waals surface area (Å²) in [5.41, 5.74) is 10.3. The second-order valence-corrected chi connectivity index (χ2v) is 4.86. The quantitative estimate of drug-likeness (QED) is 0.577. The van der Waals surface area contributed by atoms with E-state index in [4.69, 9.17) is 16.2 Å². The zero-order valence-electron chi connectivity index (χ0n) is 11.1. The summed E-state index contributed by atoms with van der Waals surface area (Å²) >= 11 is 1.27. The van der Waals surface area contributed by atoms with Gasteiger partial charge in [-0.15, -0.1) is 11.8 Å². The summed E-state index contributed by atoms with van der Waals surface area (Å²) in [6.07, 6.45) is -0.764. The summed E-state index contributed by atoms with van der Waals surface area (Å²) in [5.74, 6) is -1.04. The Balaban J connectivity index is 3.28. The molecule has 9 heteroatoms. The SMILES string of the molecule is CCOC(=O)Nc1[nH]c(SCC)c(C(N)=O)c1C(N)=O. The van der Waals surface area contributed by atoms with Crippen molar-refractivity contribution < 1.29 is 19.1 Å². The average Bonchev–Trinajstić information content (AvgIpc) is 2.68. The first kappa shape index (κ1) is 15.9. The Labute approximate surface area is 119 Å². The number of amides is 3. The zero-order chi connectivity index (χ0) is 15.3. The lowest BCUT2D eigenvalue weighted by molar-refractivity contribution is 0.0966. The van der Waals surface area contributed by atoms with Gasteiger partial charge in [0.25, 0.3) is 11.8 Å². The topological polar surface area (TPSA) is 140 Å². The van der Waals surface area contributed by atoms with Crippen molar-refractivity contribution in [1.82, 2.24) is 4.98 Å². The van der Waals surface area contributed by atoms with E-state index in [1.54, 1.807) is 6.92 Å². The fourth-order valence-corrected chi connectivity index (χ4v) is 2.38. The second-order valence-electron chi connectivity index (χ2n) is 3.59. The first-order chi connectivity index (χ1) is 9.42. The summed E-state index contributed by atoms with van der Waals surface area (Å²) in [7, 11) is 0. The highest BCUT2D eigenvalue weighted by atomic mass is 32.2. The Morgan fingerprint density at radius 3 is 2.25 bits per heavy atom. The minimum Gasteiger partial charge on any atom is -0.450 e. The van der Waals surface area contributed by atoms with E-state index >= 15 is 0 Å². The number of ether oxygens (including phenoxy) is 1. The van der Waals surface area contributed by atoms with Gasteiger partial charge >= 0.3 is 6.09 Å². The van der Waals surface area contributed by atoms with E-state index in [9.17, 15) is 14.4 Å². The Kier molecular flexibility index (Phi) is 5.44. The van der Waals surface area contributed by atoms with Gasteiger partial charge in [-0.2, -0.15) is 0 Å². The third-order valence-electron chi connectivity index (χ3n) is 2.25. The summed E-state index contributed by atoms with van der Waals surface area (Å²) in [4.78, 5) is 37.1. The van der Waals surface area contributed by atoms with Crippen LogP contribution in [0.3, 0.4) is 0 Å². The molecule has 0 aliphatic carbocycles. The summed E-state index contributed by atoms with van der Waals surface area (Å²) in [6, 6.07) is 0. The lowest BCUT2D eigenvalue weighted by atomic mass is 10.1. The lowest BCUT2D eigenvalue weighted by Crippen LogP contribution is -2.22. The number of carbonyl (C=O) groups excluding carboxylic acids is 3. The van der Waals surface area contributed by atoms with Crippen molar-refractivity contribution in [2.24, 2.45) is 11.5 Å². The fraction of sp³-hybridized carbons (Fsp3) is 0.364. The number of nitrogens with one attached hydrogen (secondary N) is 2. The molecule has 20 heavy (non-hydrogen) atoms. The molecule has 0 atom stereocenters. The summed E-state index contributed by atoms with van der Waals surface area (Å²) in [5, 5.41) is 2.70. The Hall–Kier alpha value is -2.16. The van der Waals surface area contributed by atoms with Gasteiger partial charge < -0.3 is 21.2 Å². The van der Waals surface area contributed by atoms with E-state index < -0.39 is 17.9 Å². The number of H-pyrrole nitrogens is 1. The van der Waals surface area contributed by atoms with Gasteiger partial charge in [-0.25, -0.2) is 4.79 Å². The first-order valence-corrected chi connectivity index (χ1v) is 6.83. The molecule has 1 aromatic rings. The van der Waals surface area contributed by atoms with Crippen molar-refractivity contribution in [1.29, 1.82) is 0 Å². The molecule has 0 saturated heterocycles. The highest BCUT2D eigenvalue weighted by Crippen LogP contribution is 2.30. The van der Waals surface area contributed by atoms with Crippen molar-refractivity contribution in [3.63, 3.8) is 0 Å². The molecule has 0 aliphatic rings. The predicted octanol–water partition coefficient (Wildman–Crippen LogP) is 0.893. The van der Waals surface area contributed by atoms with Gasteiger partial charge in [0.1, 0.15) is 5.82 Å². The Bertz CT molecular complexity index is 541. The largest absolute Gasteiger partial charge is 0.450 e. The molecule has 1 heterocycles. The Morgan fingerprint density at radius 1 is 1.20 bits per heavy atom. The Morgan fingerprint density at radius 2 is 1.80 bits per heavy atom. The molecule has 1 aromatic heterocycles. The van der Waals surface area contributed by atoms with Gasteiger partial charge in [-0.1, -0.05) is 6.92 Å². The maximum absolute atomic E-state index is 11.5. The normalized spacial score (nSPS) is 10.1. The van der Waals surface area contributed by atoms with Crippen LogP contribution in [0.15, 0.2) is 5.03 Å². The van der Waals surface area contributed by atoms with E-state index in [0.29, 0.717) is 10.8 Å². The van der Waals surface area contributed by atoms with Crippen molar-refractivity contribution in [3.8, 4) is 0 Å². The van der Waals surface area contributed by atoms with Gasteiger partial charge in [0.2, 0.25) is 0 Å². The van der Waals surface area contributed by atoms with E-state index in [1.807, 2.05) is 6.92 Å². The van der Waals surface area contributed by atoms with Crippen LogP contribution in [0.4, 0.5) is 10.6 Å². The highest BCUT2D eigenvalue weighted by Gasteiger charge is 2.26. The van der Waals surface area contributed by atoms with Crippen LogP contribution in [0.5, 0.6) is 0 Å². The smallest absolute Gasteiger partial charge is 0.412 e. The molecule has 0 aliphatic heterocycles. The third-order valence-corrected chi connectivity index (χ3v) is 3.13. The number of hydrogen-bond acceptors (Lipinski definition) is 5. The number of anilines is 1. The minimum absolute atomic E-state index is 0.000648. The number of nitrogens with two attached hydrogens (primary N) is 2. The molecule has 0 radical (unpaired) electrons. The standard InChI is InChI=1S/C11H16N4O4S/c1-3-19-11(18)15-9-5(7(12)16)6(8(13)17)10(14-9)20-4-2/h14H,3-4H2,1-2H3,(H2,12,16)(H2,13,17)(H,15,18). The lowest BCUT2D eigenvalue weighted by Gasteiger charge is -2.04. The van der Waals surface area contributed by atoms with E-state index in [2.05, 4.69) is 10.3 Å². The van der Waals surface area contributed by atoms with Crippen LogP contribution >= 0.6 is 11.8 Å². The first-order valence-electron chi connectivity index (χ1n) is 5.84. The molecule has 6 N–H and O–H groups in total. The average molecular weight is 300 g/mol. The van der Waals surface area contributed by atoms with Crippen molar-refractivity contribution >= 4 is 35.5 Å². The maximum Gasteiger partial charge on any atom is 0.412 e. The number of carbonyl (C=O) groups is 3. The highest BCUT2D eigenvalue weighted by molar-refractivity contribution is 7.99. The number of aromatic amines is 1. The third kappa shape index (κ3) is 3.44. The van der Waals surface area contributed by atoms with Crippen LogP contribution < -0.4 is 16.8 Å². The number of rotatable bonds is 6. The van der Waals surface area contributed by atoms with Gasteiger partial charge in [0.05, 0.1) is 22.8 Å². The van der Waals surface area contributed by atoms with Gasteiger partial charge in [0.15, 0.2) is 0 Å². The number of hydrogen-bond donors (Lipinski definition) is 4. The minimum atomic E-state index is -0.871. The van der Waals surface area contributed by atoms with Crippen LogP contribution in [0.1, 0.15) is 34.6 Å². The molecule has 8 nitrogen and oxygen atoms in total. The molecule has 110 valence electrons. The van der Waals surface area contributed by atoms with Crippen molar-refractivity contribution in [2.45, 2.75) is 18.9 Å². The van der Waals surface area contributed by atoms with Crippen LogP contribution in [0, 0.1) is 0 Å². The zero-order valence-corrected chi connectivity index (χ0v) is 11.9. The summed E-state index contributed by atoms with van der Waals surface area (Å²) < 4.78 is 4.70. The molecule has 3 amide bonds. The molecular formula is C11H16N4O4S. The molecule has 0 aromatic carbocycles. The molecule has 1 rings (SSSR count). The molecule has 0 fully saturated rings. The van der Waals surface area contributed by atoms with Crippen LogP contribution in [0.2, 0.25) is 0 Å². The van der Waals surface area contributed by atoms with Crippen LogP contribution in [0.25, 0.3) is 0 Å². The summed E-state index contributed by atoms with van der Waals surface area (Å²) in [6.45, 7) is 3.66. The van der Waals surface area contributed by atoms with Gasteiger partial charge in [0, 0.05) is 0 Å². The van der Waals surface area contributed by atoms with Gasteiger partial charge in [-0.05, 0) is 12.7 Å². The van der Waals surface area contributed by atoms with Crippen LogP contribution in [-0.2, 0) is 4.74 Å². The molecule has 0 bridgehead atoms. The van der Waals surface area contributed by atoms with Crippen molar-refractivity contribution in [2.75, 3.05) is 17.7 Å². The number of primary amides is 2. The second kappa shape index (κ2) is 6.85. The number of aromatic nitrogens is 1. The predicted molar refractivity (Wildman–Crippen MR) is 74.9 cm³/mol. The maximum atomic E-state index is 11.5. The molecule has 0 spiro atoms. The molecule has 0 unspecified atom stereocenters.